The van der Waals surface area contributed by atoms with E-state index in [0.717, 1.165) is 24.9 Å². The first-order valence-corrected chi connectivity index (χ1v) is 8.17. The van der Waals surface area contributed by atoms with Gasteiger partial charge in [-0.05, 0) is 42.9 Å². The van der Waals surface area contributed by atoms with Crippen molar-refractivity contribution in [3.63, 3.8) is 0 Å². The van der Waals surface area contributed by atoms with E-state index >= 15 is 0 Å². The summed E-state index contributed by atoms with van der Waals surface area (Å²) in [6.45, 7) is 7.32. The lowest BCUT2D eigenvalue weighted by atomic mass is 9.95. The Morgan fingerprint density at radius 3 is 2.32 bits per heavy atom. The van der Waals surface area contributed by atoms with Crippen molar-refractivity contribution in [2.45, 2.75) is 46.0 Å². The van der Waals surface area contributed by atoms with Gasteiger partial charge in [-0.25, -0.2) is 0 Å². The first kappa shape index (κ1) is 16.5. The van der Waals surface area contributed by atoms with Crippen LogP contribution in [-0.4, -0.2) is 29.8 Å². The van der Waals surface area contributed by atoms with Gasteiger partial charge < -0.3 is 10.2 Å². The zero-order chi connectivity index (χ0) is 16.1. The van der Waals surface area contributed by atoms with Crippen molar-refractivity contribution in [1.29, 1.82) is 0 Å². The summed E-state index contributed by atoms with van der Waals surface area (Å²) >= 11 is 0. The molecule has 4 nitrogen and oxygen atoms in total. The van der Waals surface area contributed by atoms with Crippen LogP contribution in [0.5, 0.6) is 0 Å². The highest BCUT2D eigenvalue weighted by molar-refractivity contribution is 5.92. The SMILES string of the molecule is CCC(C)c1ccc(NC(=O)C2CCN(C(C)=O)CC2)cc1. The third-order valence-electron chi connectivity index (χ3n) is 4.67. The number of carbonyl (C=O) groups is 2. The summed E-state index contributed by atoms with van der Waals surface area (Å²) in [4.78, 5) is 25.4. The third kappa shape index (κ3) is 4.09. The average molecular weight is 302 g/mol. The number of amides is 2. The molecule has 0 aliphatic carbocycles. The van der Waals surface area contributed by atoms with Crippen LogP contribution < -0.4 is 5.32 Å². The van der Waals surface area contributed by atoms with Crippen LogP contribution in [0.4, 0.5) is 5.69 Å². The number of nitrogens with zero attached hydrogens (tertiary/aromatic N) is 1. The number of rotatable bonds is 4. The summed E-state index contributed by atoms with van der Waals surface area (Å²) < 4.78 is 0. The number of anilines is 1. The Bertz CT molecular complexity index is 516. The second-order valence-corrected chi connectivity index (χ2v) is 6.20. The van der Waals surface area contributed by atoms with E-state index in [1.807, 2.05) is 17.0 Å². The number of hydrogen-bond donors (Lipinski definition) is 1. The predicted molar refractivity (Wildman–Crippen MR) is 88.8 cm³/mol. The summed E-state index contributed by atoms with van der Waals surface area (Å²) in [5, 5.41) is 3.00. The van der Waals surface area contributed by atoms with Gasteiger partial charge in [0.25, 0.3) is 0 Å². The van der Waals surface area contributed by atoms with Crippen molar-refractivity contribution in [3.05, 3.63) is 29.8 Å². The fourth-order valence-corrected chi connectivity index (χ4v) is 2.83. The van der Waals surface area contributed by atoms with E-state index in [4.69, 9.17) is 0 Å². The van der Waals surface area contributed by atoms with Crippen molar-refractivity contribution >= 4 is 17.5 Å². The van der Waals surface area contributed by atoms with Crippen LogP contribution in [-0.2, 0) is 9.59 Å². The number of nitrogens with one attached hydrogen (secondary N) is 1. The van der Waals surface area contributed by atoms with Crippen LogP contribution in [0.15, 0.2) is 24.3 Å². The van der Waals surface area contributed by atoms with Crippen molar-refractivity contribution in [3.8, 4) is 0 Å². The Labute approximate surface area is 132 Å². The van der Waals surface area contributed by atoms with E-state index in [2.05, 4.69) is 31.3 Å². The van der Waals surface area contributed by atoms with E-state index in [-0.39, 0.29) is 17.7 Å². The first-order chi connectivity index (χ1) is 10.5. The summed E-state index contributed by atoms with van der Waals surface area (Å²) in [6.07, 6.45) is 2.60. The van der Waals surface area contributed by atoms with Crippen molar-refractivity contribution < 1.29 is 9.59 Å². The standard InChI is InChI=1S/C18H26N2O2/c1-4-13(2)15-5-7-17(8-6-15)19-18(22)16-9-11-20(12-10-16)14(3)21/h5-8,13,16H,4,9-12H2,1-3H3,(H,19,22). The lowest BCUT2D eigenvalue weighted by Gasteiger charge is -2.30. The number of likely N-dealkylation sites (tertiary alicyclic amines) is 1. The number of piperidine rings is 1. The molecule has 1 N–H and O–H groups in total. The Morgan fingerprint density at radius 2 is 1.82 bits per heavy atom. The van der Waals surface area contributed by atoms with Gasteiger partial charge in [0.15, 0.2) is 0 Å². The average Bonchev–Trinajstić information content (AvgIpc) is 2.54. The molecule has 0 aromatic heterocycles. The Balaban J connectivity index is 1.88. The first-order valence-electron chi connectivity index (χ1n) is 8.17. The summed E-state index contributed by atoms with van der Waals surface area (Å²) in [6, 6.07) is 8.12. The summed E-state index contributed by atoms with van der Waals surface area (Å²) in [7, 11) is 0. The molecule has 1 fully saturated rings. The minimum absolute atomic E-state index is 0.00448. The maximum atomic E-state index is 12.3. The quantitative estimate of drug-likeness (QED) is 0.926. The molecule has 120 valence electrons. The monoisotopic (exact) mass is 302 g/mol. The van der Waals surface area contributed by atoms with Gasteiger partial charge >= 0.3 is 0 Å². The van der Waals surface area contributed by atoms with Crippen LogP contribution in [0, 0.1) is 5.92 Å². The minimum Gasteiger partial charge on any atom is -0.343 e. The van der Waals surface area contributed by atoms with Crippen molar-refractivity contribution in [2.24, 2.45) is 5.92 Å². The van der Waals surface area contributed by atoms with Crippen LogP contribution >= 0.6 is 0 Å². The molecule has 1 aromatic rings. The van der Waals surface area contributed by atoms with Crippen LogP contribution in [0.3, 0.4) is 0 Å². The molecule has 2 rings (SSSR count). The van der Waals surface area contributed by atoms with Gasteiger partial charge in [0.1, 0.15) is 0 Å². The highest BCUT2D eigenvalue weighted by atomic mass is 16.2. The molecule has 0 bridgehead atoms. The van der Waals surface area contributed by atoms with Gasteiger partial charge in [-0.1, -0.05) is 26.0 Å². The maximum absolute atomic E-state index is 12.3. The molecule has 0 spiro atoms. The predicted octanol–water partition coefficient (Wildman–Crippen LogP) is 3.40. The van der Waals surface area contributed by atoms with Gasteiger partial charge in [-0.15, -0.1) is 0 Å². The fourth-order valence-electron chi connectivity index (χ4n) is 2.83. The summed E-state index contributed by atoms with van der Waals surface area (Å²) in [5.74, 6) is 0.712. The molecule has 1 atom stereocenters. The van der Waals surface area contributed by atoms with E-state index in [0.29, 0.717) is 19.0 Å². The third-order valence-corrected chi connectivity index (χ3v) is 4.67. The van der Waals surface area contributed by atoms with Gasteiger partial charge in [0.05, 0.1) is 0 Å². The van der Waals surface area contributed by atoms with Gasteiger partial charge in [-0.3, -0.25) is 9.59 Å². The second kappa shape index (κ2) is 7.43. The van der Waals surface area contributed by atoms with Crippen molar-refractivity contribution in [1.82, 2.24) is 4.90 Å². The Morgan fingerprint density at radius 1 is 1.23 bits per heavy atom. The molecule has 2 amide bonds. The smallest absolute Gasteiger partial charge is 0.227 e. The minimum atomic E-state index is 0.00448. The van der Waals surface area contributed by atoms with Gasteiger partial charge in [-0.2, -0.15) is 0 Å². The summed E-state index contributed by atoms with van der Waals surface area (Å²) in [5.41, 5.74) is 2.15. The van der Waals surface area contributed by atoms with E-state index in [9.17, 15) is 9.59 Å². The molecular formula is C18H26N2O2. The fraction of sp³-hybridized carbons (Fsp3) is 0.556. The zero-order valence-electron chi connectivity index (χ0n) is 13.8. The maximum Gasteiger partial charge on any atom is 0.227 e. The molecule has 22 heavy (non-hydrogen) atoms. The van der Waals surface area contributed by atoms with E-state index in [1.165, 1.54) is 5.56 Å². The van der Waals surface area contributed by atoms with Crippen LogP contribution in [0.25, 0.3) is 0 Å². The molecule has 1 aliphatic heterocycles. The number of carbonyl (C=O) groups excluding carboxylic acids is 2. The molecule has 4 heteroatoms. The lowest BCUT2D eigenvalue weighted by molar-refractivity contribution is -0.132. The van der Waals surface area contributed by atoms with Crippen LogP contribution in [0.2, 0.25) is 0 Å². The topological polar surface area (TPSA) is 49.4 Å². The van der Waals surface area contributed by atoms with Gasteiger partial charge in [0, 0.05) is 31.6 Å². The van der Waals surface area contributed by atoms with Gasteiger partial charge in [0.2, 0.25) is 11.8 Å². The molecule has 1 aromatic carbocycles. The largest absolute Gasteiger partial charge is 0.343 e. The molecule has 1 unspecified atom stereocenters. The van der Waals surface area contributed by atoms with Crippen LogP contribution in [0.1, 0.15) is 51.5 Å². The molecule has 1 aliphatic rings. The molecule has 1 saturated heterocycles. The Kier molecular flexibility index (Phi) is 5.58. The number of hydrogen-bond acceptors (Lipinski definition) is 2. The highest BCUT2D eigenvalue weighted by Crippen LogP contribution is 2.22. The number of benzene rings is 1. The normalized spacial score (nSPS) is 17.1. The van der Waals surface area contributed by atoms with E-state index < -0.39 is 0 Å². The second-order valence-electron chi connectivity index (χ2n) is 6.20. The molecule has 1 heterocycles. The van der Waals surface area contributed by atoms with Crippen molar-refractivity contribution in [2.75, 3.05) is 18.4 Å². The molecule has 0 saturated carbocycles. The zero-order valence-corrected chi connectivity index (χ0v) is 13.8. The molecule has 0 radical (unpaired) electrons. The lowest BCUT2D eigenvalue weighted by Crippen LogP contribution is -2.40. The van der Waals surface area contributed by atoms with E-state index in [1.54, 1.807) is 6.92 Å². The Hall–Kier alpha value is -1.84. The molecular weight excluding hydrogens is 276 g/mol. The highest BCUT2D eigenvalue weighted by Gasteiger charge is 2.25.